The van der Waals surface area contributed by atoms with Gasteiger partial charge < -0.3 is 10.4 Å². The van der Waals surface area contributed by atoms with E-state index in [9.17, 15) is 4.79 Å². The van der Waals surface area contributed by atoms with Gasteiger partial charge in [0.1, 0.15) is 17.0 Å². The number of carboxylic acid groups (broad SMARTS) is 1. The smallest absolute Gasteiger partial charge is 0.308 e. The number of aromatic nitrogens is 2. The summed E-state index contributed by atoms with van der Waals surface area (Å²) in [5, 5.41) is 13.2. The van der Waals surface area contributed by atoms with Crippen molar-refractivity contribution >= 4 is 33.3 Å². The molecule has 2 N–H and O–H groups in total. The van der Waals surface area contributed by atoms with Crippen LogP contribution in [0.3, 0.4) is 0 Å². The van der Waals surface area contributed by atoms with Crippen LogP contribution < -0.4 is 5.32 Å². The molecule has 0 aromatic carbocycles. The largest absolute Gasteiger partial charge is 0.481 e. The number of aliphatic carboxylic acids is 1. The highest BCUT2D eigenvalue weighted by Gasteiger charge is 2.17. The van der Waals surface area contributed by atoms with E-state index in [0.717, 1.165) is 22.5 Å². The molecule has 2 rings (SSSR count). The molecule has 0 saturated carbocycles. The summed E-state index contributed by atoms with van der Waals surface area (Å²) in [6.45, 7) is 4.40. The maximum atomic E-state index is 11.1. The fourth-order valence-corrected chi connectivity index (χ4v) is 2.85. The molecule has 1 unspecified atom stereocenters. The number of nitrogens with zero attached hydrogens (tertiary/aromatic N) is 2. The zero-order chi connectivity index (χ0) is 13.8. The van der Waals surface area contributed by atoms with Crippen LogP contribution in [0.5, 0.6) is 0 Å². The van der Waals surface area contributed by atoms with Crippen LogP contribution in [0.1, 0.15) is 24.6 Å². The fraction of sp³-hybridized carbons (Fsp3) is 0.462. The molecular formula is C13H17N3O2S. The number of hydrogen-bond acceptors (Lipinski definition) is 5. The SMILES string of the molecule is CCCC(CNc1ncnc2sc(C)cc12)C(=O)O. The molecule has 5 nitrogen and oxygen atoms in total. The van der Waals surface area contributed by atoms with E-state index >= 15 is 0 Å². The number of aryl methyl sites for hydroxylation is 1. The lowest BCUT2D eigenvalue weighted by Gasteiger charge is -2.12. The molecule has 2 heterocycles. The highest BCUT2D eigenvalue weighted by atomic mass is 32.1. The standard InChI is InChI=1S/C13H17N3O2S/c1-3-4-9(13(17)18)6-14-11-10-5-8(2)19-12(10)16-7-15-11/h5,7,9H,3-4,6H2,1-2H3,(H,17,18)(H,14,15,16). The molecule has 2 aromatic rings. The zero-order valence-electron chi connectivity index (χ0n) is 11.0. The summed E-state index contributed by atoms with van der Waals surface area (Å²) in [6.07, 6.45) is 3.03. The van der Waals surface area contributed by atoms with E-state index in [0.29, 0.717) is 13.0 Å². The van der Waals surface area contributed by atoms with Gasteiger partial charge in [0.05, 0.1) is 11.3 Å². The number of thiophene rings is 1. The highest BCUT2D eigenvalue weighted by Crippen LogP contribution is 2.27. The van der Waals surface area contributed by atoms with Gasteiger partial charge in [-0.3, -0.25) is 4.79 Å². The van der Waals surface area contributed by atoms with Crippen molar-refractivity contribution in [1.29, 1.82) is 0 Å². The van der Waals surface area contributed by atoms with Gasteiger partial charge >= 0.3 is 5.97 Å². The summed E-state index contributed by atoms with van der Waals surface area (Å²) in [5.41, 5.74) is 0. The van der Waals surface area contributed by atoms with E-state index < -0.39 is 5.97 Å². The van der Waals surface area contributed by atoms with Gasteiger partial charge in [0.25, 0.3) is 0 Å². The minimum Gasteiger partial charge on any atom is -0.481 e. The van der Waals surface area contributed by atoms with E-state index in [-0.39, 0.29) is 5.92 Å². The number of hydrogen-bond donors (Lipinski definition) is 2. The van der Waals surface area contributed by atoms with Gasteiger partial charge in [-0.1, -0.05) is 13.3 Å². The van der Waals surface area contributed by atoms with Crippen LogP contribution in [-0.2, 0) is 4.79 Å². The van der Waals surface area contributed by atoms with Crippen LogP contribution in [-0.4, -0.2) is 27.6 Å². The normalized spacial score (nSPS) is 12.5. The molecule has 0 bridgehead atoms. The van der Waals surface area contributed by atoms with E-state index in [2.05, 4.69) is 15.3 Å². The van der Waals surface area contributed by atoms with Crippen LogP contribution >= 0.6 is 11.3 Å². The second-order valence-corrected chi connectivity index (χ2v) is 5.74. The second kappa shape index (κ2) is 5.97. The molecule has 2 aromatic heterocycles. The van der Waals surface area contributed by atoms with Gasteiger partial charge in [-0.2, -0.15) is 0 Å². The van der Waals surface area contributed by atoms with E-state index in [1.165, 1.54) is 11.2 Å². The number of carboxylic acids is 1. The molecule has 0 aliphatic carbocycles. The van der Waals surface area contributed by atoms with Crippen LogP contribution in [0.2, 0.25) is 0 Å². The first-order valence-corrected chi connectivity index (χ1v) is 7.11. The van der Waals surface area contributed by atoms with Crippen LogP contribution in [0.25, 0.3) is 10.2 Å². The molecule has 0 spiro atoms. The number of nitrogens with one attached hydrogen (secondary N) is 1. The van der Waals surface area contributed by atoms with Crippen molar-refractivity contribution in [3.8, 4) is 0 Å². The van der Waals surface area contributed by atoms with Crippen molar-refractivity contribution in [1.82, 2.24) is 9.97 Å². The predicted molar refractivity (Wildman–Crippen MR) is 76.7 cm³/mol. The predicted octanol–water partition coefficient (Wildman–Crippen LogP) is 2.91. The Morgan fingerprint density at radius 1 is 1.53 bits per heavy atom. The fourth-order valence-electron chi connectivity index (χ4n) is 2.00. The lowest BCUT2D eigenvalue weighted by atomic mass is 10.0. The summed E-state index contributed by atoms with van der Waals surface area (Å²) in [4.78, 5) is 21.6. The zero-order valence-corrected chi connectivity index (χ0v) is 11.8. The molecule has 19 heavy (non-hydrogen) atoms. The van der Waals surface area contributed by atoms with Gasteiger partial charge in [-0.25, -0.2) is 9.97 Å². The van der Waals surface area contributed by atoms with Crippen molar-refractivity contribution in [3.05, 3.63) is 17.3 Å². The number of rotatable bonds is 6. The van der Waals surface area contributed by atoms with E-state index in [1.807, 2.05) is 19.9 Å². The average Bonchev–Trinajstić information content (AvgIpc) is 2.74. The van der Waals surface area contributed by atoms with Crippen LogP contribution in [0.15, 0.2) is 12.4 Å². The third kappa shape index (κ3) is 3.20. The monoisotopic (exact) mass is 279 g/mol. The Kier molecular flexibility index (Phi) is 4.31. The summed E-state index contributed by atoms with van der Waals surface area (Å²) < 4.78 is 0. The first kappa shape index (κ1) is 13.7. The molecule has 0 radical (unpaired) electrons. The Morgan fingerprint density at radius 3 is 3.00 bits per heavy atom. The first-order valence-electron chi connectivity index (χ1n) is 6.29. The number of carbonyl (C=O) groups is 1. The molecule has 6 heteroatoms. The maximum Gasteiger partial charge on any atom is 0.308 e. The van der Waals surface area contributed by atoms with Crippen molar-refractivity contribution in [2.75, 3.05) is 11.9 Å². The summed E-state index contributed by atoms with van der Waals surface area (Å²) in [7, 11) is 0. The summed E-state index contributed by atoms with van der Waals surface area (Å²) in [5.74, 6) is -0.424. The van der Waals surface area contributed by atoms with Crippen molar-refractivity contribution in [2.45, 2.75) is 26.7 Å². The molecule has 1 atom stereocenters. The van der Waals surface area contributed by atoms with Crippen molar-refractivity contribution in [3.63, 3.8) is 0 Å². The average molecular weight is 279 g/mol. The van der Waals surface area contributed by atoms with Crippen molar-refractivity contribution in [2.24, 2.45) is 5.92 Å². The van der Waals surface area contributed by atoms with Crippen LogP contribution in [0.4, 0.5) is 5.82 Å². The van der Waals surface area contributed by atoms with E-state index in [4.69, 9.17) is 5.11 Å². The topological polar surface area (TPSA) is 75.1 Å². The van der Waals surface area contributed by atoms with Gasteiger partial charge in [0.2, 0.25) is 0 Å². The second-order valence-electron chi connectivity index (χ2n) is 4.50. The summed E-state index contributed by atoms with van der Waals surface area (Å²) in [6, 6.07) is 2.03. The first-order chi connectivity index (χ1) is 9.11. The third-order valence-electron chi connectivity index (χ3n) is 2.95. The minimum absolute atomic E-state index is 0.380. The molecule has 0 saturated heterocycles. The number of fused-ring (bicyclic) bond motifs is 1. The Balaban J connectivity index is 2.14. The minimum atomic E-state index is -0.763. The highest BCUT2D eigenvalue weighted by molar-refractivity contribution is 7.18. The quantitative estimate of drug-likeness (QED) is 0.850. The molecule has 0 aliphatic rings. The summed E-state index contributed by atoms with van der Waals surface area (Å²) >= 11 is 1.61. The molecule has 0 aliphatic heterocycles. The molecule has 102 valence electrons. The maximum absolute atomic E-state index is 11.1. The Hall–Kier alpha value is -1.69. The molecule has 0 fully saturated rings. The van der Waals surface area contributed by atoms with E-state index in [1.54, 1.807) is 11.3 Å². The van der Waals surface area contributed by atoms with Gasteiger partial charge in [-0.15, -0.1) is 11.3 Å². The number of anilines is 1. The van der Waals surface area contributed by atoms with Gasteiger partial charge in [0, 0.05) is 11.4 Å². The molecule has 0 amide bonds. The Labute approximate surface area is 115 Å². The van der Waals surface area contributed by atoms with Gasteiger partial charge in [-0.05, 0) is 19.4 Å². The van der Waals surface area contributed by atoms with Crippen LogP contribution in [0, 0.1) is 12.8 Å². The Morgan fingerprint density at radius 2 is 2.32 bits per heavy atom. The lowest BCUT2D eigenvalue weighted by Crippen LogP contribution is -2.23. The Bertz CT molecular complexity index is 582. The molecular weight excluding hydrogens is 262 g/mol. The third-order valence-corrected chi connectivity index (χ3v) is 3.91. The van der Waals surface area contributed by atoms with Gasteiger partial charge in [0.15, 0.2) is 0 Å². The van der Waals surface area contributed by atoms with Crippen molar-refractivity contribution < 1.29 is 9.90 Å². The lowest BCUT2D eigenvalue weighted by molar-refractivity contribution is -0.141.